The highest BCUT2D eigenvalue weighted by molar-refractivity contribution is 6.06. The van der Waals surface area contributed by atoms with E-state index in [2.05, 4.69) is 22.3 Å². The zero-order valence-electron chi connectivity index (χ0n) is 12.7. The van der Waals surface area contributed by atoms with Crippen LogP contribution in [-0.4, -0.2) is 48.5 Å². The maximum Gasteiger partial charge on any atom is 0.233 e. The molecule has 6 nitrogen and oxygen atoms in total. The highest BCUT2D eigenvalue weighted by Gasteiger charge is 2.42. The minimum atomic E-state index is -0.823. The lowest BCUT2D eigenvalue weighted by Gasteiger charge is -2.30. The number of oxime groups is 1. The molecule has 4 N–H and O–H groups in total. The smallest absolute Gasteiger partial charge is 0.233 e. The molecule has 1 saturated carbocycles. The fraction of sp³-hybridized carbons (Fsp3) is 0.857. The summed E-state index contributed by atoms with van der Waals surface area (Å²) in [6.07, 6.45) is 5.42. The Labute approximate surface area is 121 Å². The van der Waals surface area contributed by atoms with Gasteiger partial charge in [0.25, 0.3) is 0 Å². The lowest BCUT2D eigenvalue weighted by Crippen LogP contribution is -2.50. The van der Waals surface area contributed by atoms with E-state index < -0.39 is 5.41 Å². The van der Waals surface area contributed by atoms with E-state index in [0.717, 1.165) is 38.8 Å². The maximum atomic E-state index is 12.5. The summed E-state index contributed by atoms with van der Waals surface area (Å²) >= 11 is 0. The van der Waals surface area contributed by atoms with Crippen molar-refractivity contribution in [2.75, 3.05) is 26.7 Å². The van der Waals surface area contributed by atoms with Gasteiger partial charge in [-0.2, -0.15) is 0 Å². The second kappa shape index (κ2) is 8.09. The van der Waals surface area contributed by atoms with Gasteiger partial charge in [0.2, 0.25) is 5.91 Å². The first-order chi connectivity index (χ1) is 9.56. The molecule has 1 amide bonds. The van der Waals surface area contributed by atoms with Gasteiger partial charge >= 0.3 is 0 Å². The number of nitrogens with two attached hydrogens (primary N) is 1. The highest BCUT2D eigenvalue weighted by atomic mass is 16.4. The largest absolute Gasteiger partial charge is 0.409 e. The van der Waals surface area contributed by atoms with Crippen LogP contribution >= 0.6 is 0 Å². The normalized spacial score (nSPS) is 19.6. The SMILES string of the molecule is CCN(C)CCNC(=O)C1(C(N)=NO)CCCCCC1. The molecule has 0 radical (unpaired) electrons. The third-order valence-electron chi connectivity index (χ3n) is 4.31. The Kier molecular flexibility index (Phi) is 6.78. The van der Waals surface area contributed by atoms with Crippen molar-refractivity contribution in [3.05, 3.63) is 0 Å². The van der Waals surface area contributed by atoms with Gasteiger partial charge < -0.3 is 21.2 Å². The Morgan fingerprint density at radius 1 is 1.35 bits per heavy atom. The van der Waals surface area contributed by atoms with Crippen LogP contribution in [0.3, 0.4) is 0 Å². The molecule has 0 heterocycles. The number of amides is 1. The third kappa shape index (κ3) is 4.10. The van der Waals surface area contributed by atoms with Crippen LogP contribution in [-0.2, 0) is 4.79 Å². The van der Waals surface area contributed by atoms with Crippen LogP contribution < -0.4 is 11.1 Å². The summed E-state index contributed by atoms with van der Waals surface area (Å²) in [5.74, 6) is -0.0417. The Balaban J connectivity index is 2.70. The van der Waals surface area contributed by atoms with Crippen LogP contribution in [0.25, 0.3) is 0 Å². The number of amidine groups is 1. The molecular formula is C14H28N4O2. The van der Waals surface area contributed by atoms with Crippen molar-refractivity contribution in [3.63, 3.8) is 0 Å². The molecule has 1 aliphatic rings. The number of carbonyl (C=O) groups is 1. The maximum absolute atomic E-state index is 12.5. The predicted octanol–water partition coefficient (Wildman–Crippen LogP) is 1.14. The monoisotopic (exact) mass is 284 g/mol. The fourth-order valence-corrected chi connectivity index (χ4v) is 2.71. The molecule has 0 atom stereocenters. The summed E-state index contributed by atoms with van der Waals surface area (Å²) in [7, 11) is 2.01. The van der Waals surface area contributed by atoms with E-state index in [0.29, 0.717) is 19.4 Å². The Morgan fingerprint density at radius 3 is 2.45 bits per heavy atom. The zero-order valence-corrected chi connectivity index (χ0v) is 12.7. The molecular weight excluding hydrogens is 256 g/mol. The van der Waals surface area contributed by atoms with Gasteiger partial charge in [0.15, 0.2) is 5.84 Å². The van der Waals surface area contributed by atoms with E-state index in [1.807, 2.05) is 7.05 Å². The van der Waals surface area contributed by atoms with Gasteiger partial charge in [0.05, 0.1) is 0 Å². The summed E-state index contributed by atoms with van der Waals surface area (Å²) in [6.45, 7) is 4.41. The van der Waals surface area contributed by atoms with E-state index in [1.54, 1.807) is 0 Å². The van der Waals surface area contributed by atoms with Gasteiger partial charge in [-0.05, 0) is 26.4 Å². The number of hydrogen-bond acceptors (Lipinski definition) is 4. The lowest BCUT2D eigenvalue weighted by atomic mass is 9.78. The molecule has 0 aromatic heterocycles. The quantitative estimate of drug-likeness (QED) is 0.224. The molecule has 1 aliphatic carbocycles. The summed E-state index contributed by atoms with van der Waals surface area (Å²) < 4.78 is 0. The standard InChI is InChI=1S/C14H28N4O2/c1-3-18(2)11-10-16-13(19)14(12(15)17-20)8-6-4-5-7-9-14/h20H,3-11H2,1-2H3,(H2,15,17)(H,16,19). The third-order valence-corrected chi connectivity index (χ3v) is 4.31. The predicted molar refractivity (Wildman–Crippen MR) is 79.7 cm³/mol. The van der Waals surface area contributed by atoms with Crippen molar-refractivity contribution >= 4 is 11.7 Å². The minimum absolute atomic E-state index is 0.0562. The fourth-order valence-electron chi connectivity index (χ4n) is 2.71. The van der Waals surface area contributed by atoms with Gasteiger partial charge in [-0.15, -0.1) is 0 Å². The van der Waals surface area contributed by atoms with Crippen molar-refractivity contribution in [1.29, 1.82) is 0 Å². The molecule has 0 saturated heterocycles. The number of hydrogen-bond donors (Lipinski definition) is 3. The van der Waals surface area contributed by atoms with E-state index >= 15 is 0 Å². The van der Waals surface area contributed by atoms with Crippen LogP contribution in [0, 0.1) is 5.41 Å². The van der Waals surface area contributed by atoms with Crippen molar-refractivity contribution in [1.82, 2.24) is 10.2 Å². The minimum Gasteiger partial charge on any atom is -0.409 e. The molecule has 6 heteroatoms. The van der Waals surface area contributed by atoms with Gasteiger partial charge in [0.1, 0.15) is 5.41 Å². The molecule has 20 heavy (non-hydrogen) atoms. The van der Waals surface area contributed by atoms with Crippen LogP contribution in [0.5, 0.6) is 0 Å². The summed E-state index contributed by atoms with van der Waals surface area (Å²) in [6, 6.07) is 0. The summed E-state index contributed by atoms with van der Waals surface area (Å²) in [4.78, 5) is 14.7. The number of rotatable bonds is 6. The Bertz CT molecular complexity index is 336. The summed E-state index contributed by atoms with van der Waals surface area (Å²) in [5, 5.41) is 15.1. The van der Waals surface area contributed by atoms with Gasteiger partial charge in [0, 0.05) is 13.1 Å². The second-order valence-electron chi connectivity index (χ2n) is 5.63. The van der Waals surface area contributed by atoms with E-state index in [1.165, 1.54) is 0 Å². The number of carbonyl (C=O) groups excluding carboxylic acids is 1. The van der Waals surface area contributed by atoms with Gasteiger partial charge in [-0.3, -0.25) is 4.79 Å². The molecule has 116 valence electrons. The molecule has 0 aromatic rings. The van der Waals surface area contributed by atoms with Crippen LogP contribution in [0.4, 0.5) is 0 Å². The molecule has 0 bridgehead atoms. The first-order valence-corrected chi connectivity index (χ1v) is 7.51. The van der Waals surface area contributed by atoms with Crippen molar-refractivity contribution in [2.45, 2.75) is 45.4 Å². The number of nitrogens with one attached hydrogen (secondary N) is 1. The topological polar surface area (TPSA) is 91.0 Å². The molecule has 1 fully saturated rings. The molecule has 1 rings (SSSR count). The van der Waals surface area contributed by atoms with Crippen LogP contribution in [0.1, 0.15) is 45.4 Å². The van der Waals surface area contributed by atoms with Crippen molar-refractivity contribution in [3.8, 4) is 0 Å². The first-order valence-electron chi connectivity index (χ1n) is 7.51. The number of likely N-dealkylation sites (N-methyl/N-ethyl adjacent to an activating group) is 1. The highest BCUT2D eigenvalue weighted by Crippen LogP contribution is 2.35. The lowest BCUT2D eigenvalue weighted by molar-refractivity contribution is -0.128. The van der Waals surface area contributed by atoms with Crippen molar-refractivity contribution < 1.29 is 10.0 Å². The molecule has 0 spiro atoms. The second-order valence-corrected chi connectivity index (χ2v) is 5.63. The van der Waals surface area contributed by atoms with E-state index in [9.17, 15) is 4.79 Å². The Morgan fingerprint density at radius 2 is 1.95 bits per heavy atom. The first kappa shape index (κ1) is 16.8. The van der Waals surface area contributed by atoms with E-state index in [4.69, 9.17) is 10.9 Å². The summed E-state index contributed by atoms with van der Waals surface area (Å²) in [5.41, 5.74) is 5.02. The van der Waals surface area contributed by atoms with Crippen LogP contribution in [0.15, 0.2) is 5.16 Å². The van der Waals surface area contributed by atoms with Crippen molar-refractivity contribution in [2.24, 2.45) is 16.3 Å². The Hall–Kier alpha value is -1.30. The van der Waals surface area contributed by atoms with Gasteiger partial charge in [-0.25, -0.2) is 0 Å². The molecule has 0 unspecified atom stereocenters. The molecule has 0 aromatic carbocycles. The van der Waals surface area contributed by atoms with Gasteiger partial charge in [-0.1, -0.05) is 37.8 Å². The molecule has 0 aliphatic heterocycles. The average molecular weight is 284 g/mol. The number of nitrogens with zero attached hydrogens (tertiary/aromatic N) is 2. The van der Waals surface area contributed by atoms with Crippen LogP contribution in [0.2, 0.25) is 0 Å². The zero-order chi connectivity index (χ0) is 15.0. The van der Waals surface area contributed by atoms with E-state index in [-0.39, 0.29) is 11.7 Å². The average Bonchev–Trinajstić information content (AvgIpc) is 2.72.